The number of alkyl halides is 3. The predicted octanol–water partition coefficient (Wildman–Crippen LogP) is 2.96. The molecule has 3 aromatic rings. The molecule has 7 nitrogen and oxygen atoms in total. The number of pyridine rings is 1. The summed E-state index contributed by atoms with van der Waals surface area (Å²) in [7, 11) is 0. The van der Waals surface area contributed by atoms with Gasteiger partial charge < -0.3 is 4.52 Å². The van der Waals surface area contributed by atoms with Crippen LogP contribution in [-0.4, -0.2) is 55.3 Å². The summed E-state index contributed by atoms with van der Waals surface area (Å²) in [5, 5.41) is 8.37. The zero-order chi connectivity index (χ0) is 19.9. The largest absolute Gasteiger partial charge is 0.417 e. The summed E-state index contributed by atoms with van der Waals surface area (Å²) in [6.45, 7) is 6.36. The highest BCUT2D eigenvalue weighted by atomic mass is 32.1. The van der Waals surface area contributed by atoms with Crippen molar-refractivity contribution in [2.45, 2.75) is 26.3 Å². The molecule has 4 heterocycles. The number of hydrogen-bond acceptors (Lipinski definition) is 6. The number of nitrogens with zero attached hydrogens (tertiary/aromatic N) is 6. The fraction of sp³-hybridized carbons (Fsp3) is 0.471. The Kier molecular flexibility index (Phi) is 4.98. The molecule has 0 N–H and O–H groups in total. The first kappa shape index (κ1) is 19.1. The van der Waals surface area contributed by atoms with Crippen LogP contribution in [0.1, 0.15) is 17.0 Å². The fourth-order valence-corrected chi connectivity index (χ4v) is 3.52. The van der Waals surface area contributed by atoms with Gasteiger partial charge in [-0.05, 0) is 31.3 Å². The Balaban J connectivity index is 1.41. The minimum Gasteiger partial charge on any atom is -0.361 e. The number of aromatic nitrogens is 4. The number of rotatable bonds is 4. The van der Waals surface area contributed by atoms with Crippen LogP contribution in [0.5, 0.6) is 0 Å². The Bertz CT molecular complexity index is 1030. The van der Waals surface area contributed by atoms with Crippen LogP contribution in [0.15, 0.2) is 28.9 Å². The van der Waals surface area contributed by atoms with Gasteiger partial charge in [-0.3, -0.25) is 14.2 Å². The lowest BCUT2D eigenvalue weighted by Crippen LogP contribution is -2.46. The van der Waals surface area contributed by atoms with E-state index in [9.17, 15) is 13.2 Å². The van der Waals surface area contributed by atoms with Gasteiger partial charge in [0.05, 0.1) is 17.9 Å². The summed E-state index contributed by atoms with van der Waals surface area (Å²) in [5.74, 6) is 0.795. The van der Waals surface area contributed by atoms with Crippen molar-refractivity contribution in [3.05, 3.63) is 46.2 Å². The summed E-state index contributed by atoms with van der Waals surface area (Å²) >= 11 is 5.33. The van der Waals surface area contributed by atoms with Crippen LogP contribution in [0.2, 0.25) is 0 Å². The van der Waals surface area contributed by atoms with E-state index in [-0.39, 0.29) is 4.77 Å². The van der Waals surface area contributed by atoms with E-state index >= 15 is 0 Å². The molecule has 3 aromatic heterocycles. The topological polar surface area (TPSA) is 54.7 Å². The van der Waals surface area contributed by atoms with Crippen molar-refractivity contribution in [2.24, 2.45) is 0 Å². The molecule has 4 rings (SSSR count). The monoisotopic (exact) mass is 412 g/mol. The first-order valence-electron chi connectivity index (χ1n) is 8.83. The van der Waals surface area contributed by atoms with Gasteiger partial charge in [0.15, 0.2) is 5.65 Å². The van der Waals surface area contributed by atoms with Crippen LogP contribution < -0.4 is 0 Å². The molecule has 28 heavy (non-hydrogen) atoms. The van der Waals surface area contributed by atoms with Crippen molar-refractivity contribution in [1.82, 2.24) is 29.1 Å². The molecular formula is C17H19F3N6OS. The highest BCUT2D eigenvalue weighted by molar-refractivity contribution is 7.71. The van der Waals surface area contributed by atoms with Gasteiger partial charge >= 0.3 is 6.18 Å². The third-order valence-corrected chi connectivity index (χ3v) is 5.17. The Labute approximate surface area is 163 Å². The van der Waals surface area contributed by atoms with Crippen molar-refractivity contribution in [2.75, 3.05) is 26.2 Å². The van der Waals surface area contributed by atoms with Gasteiger partial charge in [-0.2, -0.15) is 18.3 Å². The Morgan fingerprint density at radius 2 is 1.86 bits per heavy atom. The van der Waals surface area contributed by atoms with E-state index < -0.39 is 11.7 Å². The minimum atomic E-state index is -4.41. The van der Waals surface area contributed by atoms with E-state index in [4.69, 9.17) is 16.7 Å². The molecule has 0 bridgehead atoms. The molecule has 0 amide bonds. The highest BCUT2D eigenvalue weighted by Crippen LogP contribution is 2.29. The lowest BCUT2D eigenvalue weighted by atomic mass is 10.3. The maximum absolute atomic E-state index is 12.9. The van der Waals surface area contributed by atoms with E-state index in [1.807, 2.05) is 13.0 Å². The fourth-order valence-electron chi connectivity index (χ4n) is 3.28. The van der Waals surface area contributed by atoms with Crippen LogP contribution in [0, 0.1) is 11.7 Å². The van der Waals surface area contributed by atoms with Crippen LogP contribution in [0.3, 0.4) is 0 Å². The molecule has 0 saturated carbocycles. The van der Waals surface area contributed by atoms with E-state index in [1.165, 1.54) is 10.5 Å². The summed E-state index contributed by atoms with van der Waals surface area (Å²) < 4.78 is 47.0. The molecular weight excluding hydrogens is 393 g/mol. The number of fused-ring (bicyclic) bond motifs is 1. The molecule has 1 fully saturated rings. The van der Waals surface area contributed by atoms with Crippen molar-refractivity contribution in [3.8, 4) is 0 Å². The normalized spacial score (nSPS) is 16.9. The van der Waals surface area contributed by atoms with Gasteiger partial charge in [-0.1, -0.05) is 5.16 Å². The number of piperazine rings is 1. The molecule has 0 aromatic carbocycles. The zero-order valence-corrected chi connectivity index (χ0v) is 16.0. The second-order valence-corrected chi connectivity index (χ2v) is 7.26. The van der Waals surface area contributed by atoms with Gasteiger partial charge in [0.2, 0.25) is 4.77 Å². The third kappa shape index (κ3) is 3.96. The molecule has 0 spiro atoms. The minimum absolute atomic E-state index is 0.251. The molecule has 150 valence electrons. The quantitative estimate of drug-likeness (QED) is 0.615. The molecule has 0 unspecified atom stereocenters. The Hall–Kier alpha value is -2.24. The average Bonchev–Trinajstić information content (AvgIpc) is 3.19. The van der Waals surface area contributed by atoms with Gasteiger partial charge in [0.25, 0.3) is 0 Å². The zero-order valence-electron chi connectivity index (χ0n) is 15.2. The van der Waals surface area contributed by atoms with Crippen LogP contribution in [0.4, 0.5) is 13.2 Å². The van der Waals surface area contributed by atoms with Gasteiger partial charge in [0.1, 0.15) is 5.76 Å². The lowest BCUT2D eigenvalue weighted by molar-refractivity contribution is -0.137. The van der Waals surface area contributed by atoms with Gasteiger partial charge in [0, 0.05) is 45.0 Å². The summed E-state index contributed by atoms with van der Waals surface area (Å²) in [6, 6.07) is 4.29. The van der Waals surface area contributed by atoms with E-state index in [1.54, 1.807) is 4.68 Å². The van der Waals surface area contributed by atoms with Crippen LogP contribution >= 0.6 is 12.2 Å². The maximum Gasteiger partial charge on any atom is 0.417 e. The molecule has 0 aliphatic carbocycles. The number of aryl methyl sites for hydroxylation is 1. The van der Waals surface area contributed by atoms with Crippen molar-refractivity contribution in [1.29, 1.82) is 0 Å². The lowest BCUT2D eigenvalue weighted by Gasteiger charge is -2.33. The summed E-state index contributed by atoms with van der Waals surface area (Å²) in [5.41, 5.74) is 0.569. The van der Waals surface area contributed by atoms with Gasteiger partial charge in [-0.15, -0.1) is 0 Å². The summed E-state index contributed by atoms with van der Waals surface area (Å²) in [6.07, 6.45) is -3.41. The highest BCUT2D eigenvalue weighted by Gasteiger charge is 2.31. The Morgan fingerprint density at radius 3 is 2.50 bits per heavy atom. The van der Waals surface area contributed by atoms with Crippen molar-refractivity contribution in [3.63, 3.8) is 0 Å². The van der Waals surface area contributed by atoms with E-state index in [0.29, 0.717) is 12.3 Å². The molecule has 1 aliphatic rings. The second-order valence-electron chi connectivity index (χ2n) is 6.89. The standard InChI is InChI=1S/C17H19F3N6OS/c1-12-8-14(22-27-12)10-23-4-6-24(7-5-23)11-26-16(28)25-9-13(17(18,19)20)2-3-15(25)21-26/h2-3,8-9H,4-7,10-11H2,1H3. The van der Waals surface area contributed by atoms with E-state index in [2.05, 4.69) is 20.1 Å². The van der Waals surface area contributed by atoms with Gasteiger partial charge in [-0.25, -0.2) is 4.68 Å². The molecule has 1 aliphatic heterocycles. The molecule has 11 heteroatoms. The number of halogens is 3. The number of hydrogen-bond donors (Lipinski definition) is 0. The Morgan fingerprint density at radius 1 is 1.14 bits per heavy atom. The third-order valence-electron chi connectivity index (χ3n) is 4.77. The maximum atomic E-state index is 12.9. The average molecular weight is 412 g/mol. The SMILES string of the molecule is Cc1cc(CN2CCN(Cn3nc4ccc(C(F)(F)F)cn4c3=S)CC2)no1. The molecule has 1 saturated heterocycles. The van der Waals surface area contributed by atoms with Crippen molar-refractivity contribution < 1.29 is 17.7 Å². The molecule has 0 radical (unpaired) electrons. The van der Waals surface area contributed by atoms with E-state index in [0.717, 1.165) is 56.4 Å². The smallest absolute Gasteiger partial charge is 0.361 e. The van der Waals surface area contributed by atoms with Crippen LogP contribution in [0.25, 0.3) is 5.65 Å². The summed E-state index contributed by atoms with van der Waals surface area (Å²) in [4.78, 5) is 4.46. The predicted molar refractivity (Wildman–Crippen MR) is 97.1 cm³/mol. The van der Waals surface area contributed by atoms with Crippen molar-refractivity contribution >= 4 is 17.9 Å². The second kappa shape index (κ2) is 7.30. The first-order valence-corrected chi connectivity index (χ1v) is 9.24. The molecule has 0 atom stereocenters. The van der Waals surface area contributed by atoms with Crippen LogP contribution in [-0.2, 0) is 19.4 Å². The first-order chi connectivity index (χ1) is 13.3.